The lowest BCUT2D eigenvalue weighted by Gasteiger charge is -2.04. The zero-order valence-electron chi connectivity index (χ0n) is 8.33. The van der Waals surface area contributed by atoms with Gasteiger partial charge in [0.25, 0.3) is 5.69 Å². The molecule has 16 heavy (non-hydrogen) atoms. The first kappa shape index (κ1) is 11.8. The van der Waals surface area contributed by atoms with E-state index in [0.29, 0.717) is 5.69 Å². The molecule has 82 valence electrons. The Bertz CT molecular complexity index is 478. The number of nitro groups is 1. The van der Waals surface area contributed by atoms with Crippen molar-refractivity contribution in [2.45, 2.75) is 6.42 Å². The van der Waals surface area contributed by atoms with Crippen LogP contribution in [0.5, 0.6) is 0 Å². The molecule has 0 atom stereocenters. The second kappa shape index (κ2) is 4.69. The molecule has 1 aromatic carbocycles. The summed E-state index contributed by atoms with van der Waals surface area (Å²) in [7, 11) is 0. The molecule has 0 saturated carbocycles. The van der Waals surface area contributed by atoms with Gasteiger partial charge in [-0.05, 0) is 34.6 Å². The number of anilines is 1. The van der Waals surface area contributed by atoms with E-state index in [9.17, 15) is 14.9 Å². The maximum atomic E-state index is 11.1. The van der Waals surface area contributed by atoms with E-state index in [0.717, 1.165) is 23.0 Å². The predicted molar refractivity (Wildman–Crippen MR) is 71.5 cm³/mol. The molecule has 1 N–H and O–H groups in total. The van der Waals surface area contributed by atoms with Crippen LogP contribution in [0.3, 0.4) is 0 Å². The molecule has 7 heteroatoms. The predicted octanol–water partition coefficient (Wildman–Crippen LogP) is 1.18. The Balaban J connectivity index is 2.47. The van der Waals surface area contributed by atoms with Gasteiger partial charge in [0, 0.05) is 12.6 Å². The van der Waals surface area contributed by atoms with Crippen molar-refractivity contribution >= 4 is 56.3 Å². The van der Waals surface area contributed by atoms with Crippen molar-refractivity contribution < 1.29 is 9.72 Å². The Labute approximate surface area is 112 Å². The van der Waals surface area contributed by atoms with E-state index in [4.69, 9.17) is 0 Å². The molecule has 0 unspecified atom stereocenters. The van der Waals surface area contributed by atoms with Crippen molar-refractivity contribution in [2.24, 2.45) is 0 Å². The van der Waals surface area contributed by atoms with Crippen LogP contribution >= 0.6 is 22.6 Å². The van der Waals surface area contributed by atoms with Gasteiger partial charge in [0.15, 0.2) is 0 Å². The summed E-state index contributed by atoms with van der Waals surface area (Å²) in [5.41, 5.74) is 1.70. The van der Waals surface area contributed by atoms with Crippen molar-refractivity contribution in [1.29, 1.82) is 0 Å². The van der Waals surface area contributed by atoms with E-state index in [1.54, 1.807) is 28.7 Å². The van der Waals surface area contributed by atoms with Crippen LogP contribution in [0.1, 0.15) is 5.56 Å². The van der Waals surface area contributed by atoms with Gasteiger partial charge in [0.05, 0.1) is 4.92 Å². The molecule has 0 fully saturated rings. The smallest absolute Gasteiger partial charge is 0.379 e. The van der Waals surface area contributed by atoms with Crippen LogP contribution in [0.2, 0.25) is 0 Å². The zero-order valence-corrected chi connectivity index (χ0v) is 11.9. The summed E-state index contributed by atoms with van der Waals surface area (Å²) in [6.07, 6.45) is 0.799. The number of rotatable bonds is 3. The van der Waals surface area contributed by atoms with Gasteiger partial charge in [0.1, 0.15) is 8.34 Å². The number of benzene rings is 1. The van der Waals surface area contributed by atoms with Gasteiger partial charge in [-0.2, -0.15) is 0 Å². The van der Waals surface area contributed by atoms with E-state index in [-0.39, 0.29) is 13.3 Å². The van der Waals surface area contributed by atoms with E-state index in [2.05, 4.69) is 5.32 Å². The molecular formula is C9H8AlIN2O3. The molecule has 1 aliphatic rings. The zero-order chi connectivity index (χ0) is 11.7. The van der Waals surface area contributed by atoms with Gasteiger partial charge in [-0.3, -0.25) is 10.1 Å². The van der Waals surface area contributed by atoms with Crippen LogP contribution in [-0.2, 0) is 6.42 Å². The van der Waals surface area contributed by atoms with Gasteiger partial charge in [-0.1, -0.05) is 10.5 Å². The first-order valence-electron chi connectivity index (χ1n) is 4.80. The monoisotopic (exact) mass is 346 g/mol. The number of hydrogen-bond acceptors (Lipinski definition) is 4. The number of hydrogen-bond donors (Lipinski definition) is 1. The minimum Gasteiger partial charge on any atom is -0.379 e. The van der Waals surface area contributed by atoms with Crippen molar-refractivity contribution in [3.05, 3.63) is 27.8 Å². The summed E-state index contributed by atoms with van der Waals surface area (Å²) in [5.74, 6) is 0. The van der Waals surface area contributed by atoms with Crippen LogP contribution in [0, 0.1) is 10.1 Å². The number of carbonyl (C=O) groups is 1. The molecule has 2 rings (SSSR count). The SMILES string of the molecule is O=[C](I)[AlH][c]1cc2c(c([N+](=O)[O-])c1)NCC2. The highest BCUT2D eigenvalue weighted by atomic mass is 127. The summed E-state index contributed by atoms with van der Waals surface area (Å²) < 4.78 is 0.978. The Morgan fingerprint density at radius 2 is 2.31 bits per heavy atom. The van der Waals surface area contributed by atoms with E-state index in [1.165, 1.54) is 0 Å². The number of halogens is 1. The lowest BCUT2D eigenvalue weighted by atomic mass is 10.1. The largest absolute Gasteiger partial charge is 0.399 e. The van der Waals surface area contributed by atoms with Crippen molar-refractivity contribution in [3.63, 3.8) is 0 Å². The number of nitrogens with zero attached hydrogens (tertiary/aromatic N) is 1. The maximum Gasteiger partial charge on any atom is 0.399 e. The summed E-state index contributed by atoms with van der Waals surface area (Å²) in [5, 5.41) is 13.9. The Morgan fingerprint density at radius 3 is 2.94 bits per heavy atom. The Hall–Kier alpha value is -0.648. The lowest BCUT2D eigenvalue weighted by molar-refractivity contribution is -0.383. The van der Waals surface area contributed by atoms with Gasteiger partial charge in [-0.25, -0.2) is 0 Å². The van der Waals surface area contributed by atoms with Gasteiger partial charge < -0.3 is 10.1 Å². The van der Waals surface area contributed by atoms with E-state index >= 15 is 0 Å². The summed E-state index contributed by atoms with van der Waals surface area (Å²) in [6, 6.07) is 3.48. The Morgan fingerprint density at radius 1 is 1.56 bits per heavy atom. The highest BCUT2D eigenvalue weighted by Gasteiger charge is 2.23. The normalized spacial score (nSPS) is 12.8. The fourth-order valence-corrected chi connectivity index (χ4v) is 4.17. The molecule has 5 nitrogen and oxygen atoms in total. The van der Waals surface area contributed by atoms with Crippen LogP contribution in [0.15, 0.2) is 12.1 Å². The molecular weight excluding hydrogens is 338 g/mol. The minimum absolute atomic E-state index is 0.107. The third-order valence-electron chi connectivity index (χ3n) is 2.49. The lowest BCUT2D eigenvalue weighted by Crippen LogP contribution is -2.19. The van der Waals surface area contributed by atoms with E-state index in [1.807, 2.05) is 6.07 Å². The first-order valence-corrected chi connectivity index (χ1v) is 7.29. The number of fused-ring (bicyclic) bond motifs is 1. The molecule has 1 aromatic rings. The average Bonchev–Trinajstić information content (AvgIpc) is 2.62. The summed E-state index contributed by atoms with van der Waals surface area (Å²) >= 11 is 0.727. The second-order valence-corrected chi connectivity index (χ2v) is 8.07. The first-order chi connectivity index (χ1) is 7.58. The fraction of sp³-hybridized carbons (Fsp3) is 0.222. The van der Waals surface area contributed by atoms with Crippen LogP contribution in [0.25, 0.3) is 0 Å². The van der Waals surface area contributed by atoms with Crippen molar-refractivity contribution in [1.82, 2.24) is 0 Å². The molecule has 1 aliphatic heterocycles. The van der Waals surface area contributed by atoms with Gasteiger partial charge in [-0.15, -0.1) is 0 Å². The van der Waals surface area contributed by atoms with E-state index < -0.39 is 15.2 Å². The molecule has 0 saturated heterocycles. The number of carbonyl (C=O) groups excluding carboxylic acids is 1. The Kier molecular flexibility index (Phi) is 3.47. The van der Waals surface area contributed by atoms with Gasteiger partial charge >= 0.3 is 15.2 Å². The quantitative estimate of drug-likeness (QED) is 0.293. The van der Waals surface area contributed by atoms with Gasteiger partial charge in [0.2, 0.25) is 0 Å². The third kappa shape index (κ3) is 2.36. The van der Waals surface area contributed by atoms with Crippen LogP contribution < -0.4 is 9.74 Å². The topological polar surface area (TPSA) is 72.2 Å². The highest BCUT2D eigenvalue weighted by molar-refractivity contribution is 14.1. The second-order valence-electron chi connectivity index (χ2n) is 3.61. The third-order valence-corrected chi connectivity index (χ3v) is 4.73. The maximum absolute atomic E-state index is 11.1. The minimum atomic E-state index is -1.03. The summed E-state index contributed by atoms with van der Waals surface area (Å²) in [6.45, 7) is 0.735. The molecule has 1 heterocycles. The highest BCUT2D eigenvalue weighted by Crippen LogP contribution is 2.31. The fourth-order valence-electron chi connectivity index (χ4n) is 1.88. The van der Waals surface area contributed by atoms with Crippen LogP contribution in [0.4, 0.5) is 16.2 Å². The molecule has 0 spiro atoms. The molecule has 0 aliphatic carbocycles. The summed E-state index contributed by atoms with van der Waals surface area (Å²) in [4.78, 5) is 21.6. The van der Waals surface area contributed by atoms with Crippen molar-refractivity contribution in [3.8, 4) is 0 Å². The van der Waals surface area contributed by atoms with Crippen molar-refractivity contribution in [2.75, 3.05) is 11.9 Å². The molecule has 0 radical (unpaired) electrons. The standard InChI is InChI=1S/C8H7N2O2.CIO.Al.H/c11-10(12)7-3-1-2-6-4-5-9-8(6)7;2-1-3;;/h2-3,9H,4-5H2;;;. The van der Waals surface area contributed by atoms with Crippen LogP contribution in [-0.4, -0.2) is 29.3 Å². The molecule has 0 bridgehead atoms. The number of nitro benzene ring substituents is 1. The average molecular weight is 346 g/mol. The molecule has 0 aromatic heterocycles. The molecule has 0 amide bonds. The number of nitrogens with one attached hydrogen (secondary N) is 1.